The van der Waals surface area contributed by atoms with Gasteiger partial charge >= 0.3 is 5.69 Å². The van der Waals surface area contributed by atoms with Gasteiger partial charge < -0.3 is 15.0 Å². The Labute approximate surface area is 113 Å². The molecule has 1 heterocycles. The average molecular weight is 277 g/mol. The van der Waals surface area contributed by atoms with Crippen molar-refractivity contribution in [1.82, 2.24) is 9.97 Å². The number of carbonyl (C=O) groups is 1. The number of amides is 1. The van der Waals surface area contributed by atoms with Gasteiger partial charge in [-0.05, 0) is 25.1 Å². The van der Waals surface area contributed by atoms with Crippen LogP contribution >= 0.6 is 0 Å². The molecule has 2 aromatic rings. The van der Waals surface area contributed by atoms with Crippen LogP contribution in [-0.4, -0.2) is 23.0 Å². The quantitative estimate of drug-likeness (QED) is 0.890. The monoisotopic (exact) mass is 277 g/mol. The Morgan fingerprint density at radius 1 is 1.40 bits per heavy atom. The molecule has 1 amide bonds. The number of hydrogen-bond acceptors (Lipinski definition) is 4. The molecule has 6 nitrogen and oxygen atoms in total. The number of aromatic nitrogens is 2. The minimum atomic E-state index is -0.561. The van der Waals surface area contributed by atoms with Gasteiger partial charge in [-0.3, -0.25) is 4.79 Å². The number of ether oxygens (including phenoxy) is 1. The lowest BCUT2D eigenvalue weighted by Crippen LogP contribution is -2.19. The Bertz CT molecular complexity index is 712. The van der Waals surface area contributed by atoms with E-state index in [1.165, 1.54) is 25.3 Å². The molecule has 0 spiro atoms. The van der Waals surface area contributed by atoms with Crippen LogP contribution in [0.15, 0.2) is 29.1 Å². The summed E-state index contributed by atoms with van der Waals surface area (Å²) in [5.74, 6) is -0.984. The molecule has 1 aromatic heterocycles. The van der Waals surface area contributed by atoms with Crippen molar-refractivity contribution in [3.8, 4) is 5.75 Å². The largest absolute Gasteiger partial charge is 0.494 e. The maximum atomic E-state index is 13.3. The Balaban J connectivity index is 2.26. The van der Waals surface area contributed by atoms with Crippen LogP contribution in [0.1, 0.15) is 16.1 Å². The Hall–Kier alpha value is -2.70. The van der Waals surface area contributed by atoms with Gasteiger partial charge in [0.2, 0.25) is 0 Å². The number of nitrogens with one attached hydrogen (secondary N) is 2. The van der Waals surface area contributed by atoms with Gasteiger partial charge in [0.25, 0.3) is 5.91 Å². The van der Waals surface area contributed by atoms with Crippen LogP contribution in [0, 0.1) is 12.7 Å². The summed E-state index contributed by atoms with van der Waals surface area (Å²) in [7, 11) is 1.31. The summed E-state index contributed by atoms with van der Waals surface area (Å²) in [5.41, 5.74) is 0.206. The van der Waals surface area contributed by atoms with Crippen molar-refractivity contribution in [2.75, 3.05) is 12.4 Å². The maximum Gasteiger partial charge on any atom is 0.347 e. The van der Waals surface area contributed by atoms with Crippen molar-refractivity contribution in [3.63, 3.8) is 0 Å². The number of benzene rings is 1. The lowest BCUT2D eigenvalue weighted by atomic mass is 10.2. The summed E-state index contributed by atoms with van der Waals surface area (Å²) in [4.78, 5) is 29.2. The van der Waals surface area contributed by atoms with E-state index in [1.807, 2.05) is 0 Å². The van der Waals surface area contributed by atoms with Crippen LogP contribution in [0.25, 0.3) is 0 Å². The standard InChI is InChI=1S/C13H12FN3O3/c1-7-5-11(17-13(19)15-7)16-12(18)8-3-4-9(14)10(6-8)20-2/h3-6H,1-2H3,(H2,15,16,17,18,19). The fourth-order valence-corrected chi connectivity index (χ4v) is 1.63. The predicted octanol–water partition coefficient (Wildman–Crippen LogP) is 1.48. The molecule has 0 aliphatic carbocycles. The van der Waals surface area contributed by atoms with Gasteiger partial charge in [0.15, 0.2) is 11.6 Å². The molecule has 0 bridgehead atoms. The number of carbonyl (C=O) groups excluding carboxylic acids is 1. The minimum Gasteiger partial charge on any atom is -0.494 e. The smallest absolute Gasteiger partial charge is 0.347 e. The first-order valence-electron chi connectivity index (χ1n) is 5.72. The van der Waals surface area contributed by atoms with Gasteiger partial charge in [-0.1, -0.05) is 0 Å². The van der Waals surface area contributed by atoms with Crippen molar-refractivity contribution in [3.05, 3.63) is 51.8 Å². The second-order valence-corrected chi connectivity index (χ2v) is 4.06. The number of nitrogens with zero attached hydrogens (tertiary/aromatic N) is 1. The molecule has 7 heteroatoms. The van der Waals surface area contributed by atoms with Crippen LogP contribution < -0.4 is 15.7 Å². The van der Waals surface area contributed by atoms with Gasteiger partial charge in [0, 0.05) is 17.3 Å². The van der Waals surface area contributed by atoms with Crippen LogP contribution in [0.5, 0.6) is 5.75 Å². The second kappa shape index (κ2) is 5.52. The third-order valence-corrected chi connectivity index (χ3v) is 2.53. The fourth-order valence-electron chi connectivity index (χ4n) is 1.63. The molecular weight excluding hydrogens is 265 g/mol. The Morgan fingerprint density at radius 3 is 2.80 bits per heavy atom. The van der Waals surface area contributed by atoms with Crippen LogP contribution in [0.4, 0.5) is 10.2 Å². The molecule has 20 heavy (non-hydrogen) atoms. The van der Waals surface area contributed by atoms with E-state index in [1.54, 1.807) is 6.92 Å². The highest BCUT2D eigenvalue weighted by Gasteiger charge is 2.11. The topological polar surface area (TPSA) is 84.1 Å². The first-order valence-corrected chi connectivity index (χ1v) is 5.72. The summed E-state index contributed by atoms with van der Waals surface area (Å²) >= 11 is 0. The molecule has 0 atom stereocenters. The van der Waals surface area contributed by atoms with E-state index in [9.17, 15) is 14.0 Å². The molecule has 0 aliphatic rings. The number of aromatic amines is 1. The van der Waals surface area contributed by atoms with Gasteiger partial charge in [-0.2, -0.15) is 4.98 Å². The number of anilines is 1. The zero-order chi connectivity index (χ0) is 14.7. The molecular formula is C13H12FN3O3. The van der Waals surface area contributed by atoms with Crippen LogP contribution in [0.2, 0.25) is 0 Å². The normalized spacial score (nSPS) is 10.2. The third-order valence-electron chi connectivity index (χ3n) is 2.53. The number of rotatable bonds is 3. The first kappa shape index (κ1) is 13.7. The number of hydrogen-bond donors (Lipinski definition) is 2. The lowest BCUT2D eigenvalue weighted by molar-refractivity contribution is 0.102. The van der Waals surface area contributed by atoms with Crippen molar-refractivity contribution in [2.45, 2.75) is 6.92 Å². The zero-order valence-electron chi connectivity index (χ0n) is 10.9. The molecule has 2 N–H and O–H groups in total. The van der Waals surface area contributed by atoms with Gasteiger partial charge in [0.1, 0.15) is 5.82 Å². The number of halogens is 1. The number of aryl methyl sites for hydroxylation is 1. The zero-order valence-corrected chi connectivity index (χ0v) is 10.9. The van der Waals surface area contributed by atoms with E-state index in [2.05, 4.69) is 15.3 Å². The molecule has 0 unspecified atom stereocenters. The lowest BCUT2D eigenvalue weighted by Gasteiger charge is -2.07. The first-order chi connectivity index (χ1) is 9.49. The van der Waals surface area contributed by atoms with Crippen LogP contribution in [-0.2, 0) is 0 Å². The van der Waals surface area contributed by atoms with E-state index in [-0.39, 0.29) is 17.1 Å². The molecule has 1 aromatic carbocycles. The third kappa shape index (κ3) is 3.00. The molecule has 104 valence electrons. The second-order valence-electron chi connectivity index (χ2n) is 4.06. The van der Waals surface area contributed by atoms with E-state index in [0.717, 1.165) is 6.07 Å². The summed E-state index contributed by atoms with van der Waals surface area (Å²) in [6.45, 7) is 1.67. The van der Waals surface area contributed by atoms with E-state index < -0.39 is 17.4 Å². The van der Waals surface area contributed by atoms with Crippen molar-refractivity contribution in [2.24, 2.45) is 0 Å². The number of methoxy groups -OCH3 is 1. The van der Waals surface area contributed by atoms with E-state index in [0.29, 0.717) is 5.69 Å². The van der Waals surface area contributed by atoms with E-state index >= 15 is 0 Å². The highest BCUT2D eigenvalue weighted by molar-refractivity contribution is 6.04. The summed E-state index contributed by atoms with van der Waals surface area (Å²) in [6.07, 6.45) is 0. The number of H-pyrrole nitrogens is 1. The molecule has 0 radical (unpaired) electrons. The Kier molecular flexibility index (Phi) is 3.79. The van der Waals surface area contributed by atoms with Gasteiger partial charge in [0.05, 0.1) is 7.11 Å². The molecule has 0 aliphatic heterocycles. The summed E-state index contributed by atoms with van der Waals surface area (Å²) in [5, 5.41) is 2.46. The summed E-state index contributed by atoms with van der Waals surface area (Å²) in [6, 6.07) is 5.22. The maximum absolute atomic E-state index is 13.3. The van der Waals surface area contributed by atoms with E-state index in [4.69, 9.17) is 4.74 Å². The van der Waals surface area contributed by atoms with Gasteiger partial charge in [-0.25, -0.2) is 9.18 Å². The highest BCUT2D eigenvalue weighted by Crippen LogP contribution is 2.18. The fraction of sp³-hybridized carbons (Fsp3) is 0.154. The van der Waals surface area contributed by atoms with Gasteiger partial charge in [-0.15, -0.1) is 0 Å². The van der Waals surface area contributed by atoms with Crippen molar-refractivity contribution in [1.29, 1.82) is 0 Å². The Morgan fingerprint density at radius 2 is 2.15 bits per heavy atom. The van der Waals surface area contributed by atoms with Crippen molar-refractivity contribution >= 4 is 11.7 Å². The molecule has 2 rings (SSSR count). The van der Waals surface area contributed by atoms with Crippen molar-refractivity contribution < 1.29 is 13.9 Å². The van der Waals surface area contributed by atoms with Crippen LogP contribution in [0.3, 0.4) is 0 Å². The highest BCUT2D eigenvalue weighted by atomic mass is 19.1. The summed E-state index contributed by atoms with van der Waals surface area (Å²) < 4.78 is 18.1. The SMILES string of the molecule is COc1cc(C(=O)Nc2cc(C)[nH]c(=O)n2)ccc1F. The molecule has 0 saturated heterocycles. The minimum absolute atomic E-state index is 0.0345. The molecule has 0 fully saturated rings. The predicted molar refractivity (Wildman–Crippen MR) is 70.5 cm³/mol. The average Bonchev–Trinajstić information content (AvgIpc) is 2.37. The molecule has 0 saturated carbocycles.